The Morgan fingerprint density at radius 1 is 0.538 bits per heavy atom. The lowest BCUT2D eigenvalue weighted by Gasteiger charge is -2.20. The van der Waals surface area contributed by atoms with Crippen LogP contribution in [0.15, 0.2) is 0 Å². The van der Waals surface area contributed by atoms with E-state index in [9.17, 15) is 29.1 Å². The molecule has 0 spiro atoms. The summed E-state index contributed by atoms with van der Waals surface area (Å²) in [4.78, 5) is 52.6. The fraction of sp³-hybridized carbons (Fsp3) is 0.821. The number of carboxylic acid groups (broad SMARTS) is 4. The van der Waals surface area contributed by atoms with E-state index < -0.39 is 48.3 Å². The molecule has 11 nitrogen and oxygen atoms in total. The van der Waals surface area contributed by atoms with Gasteiger partial charge in [-0.1, -0.05) is 103 Å². The van der Waals surface area contributed by atoms with Crippen molar-refractivity contribution in [2.24, 2.45) is 0 Å². The second-order valence-corrected chi connectivity index (χ2v) is 9.90. The molecule has 11 heteroatoms. The van der Waals surface area contributed by atoms with Gasteiger partial charge < -0.3 is 30.3 Å². The van der Waals surface area contributed by atoms with Crippen molar-refractivity contribution < 1.29 is 54.2 Å². The summed E-state index contributed by atoms with van der Waals surface area (Å²) in [6.45, 7) is 2.40. The average Bonchev–Trinajstić information content (AvgIpc) is 2.84. The highest BCUT2D eigenvalue weighted by Crippen LogP contribution is 2.17. The van der Waals surface area contributed by atoms with E-state index in [1.807, 2.05) is 0 Å². The van der Waals surface area contributed by atoms with Crippen molar-refractivity contribution in [1.82, 2.24) is 0 Å². The summed E-state index contributed by atoms with van der Waals surface area (Å²) < 4.78 is 4.93. The summed E-state index contributed by atoms with van der Waals surface area (Å²) in [7, 11) is 0. The molecule has 39 heavy (non-hydrogen) atoms. The van der Waals surface area contributed by atoms with Crippen LogP contribution in [0.25, 0.3) is 0 Å². The van der Waals surface area contributed by atoms with E-state index in [2.05, 4.69) is 6.92 Å². The zero-order chi connectivity index (χ0) is 29.9. The number of hydrogen-bond acceptors (Lipinski definition) is 7. The van der Waals surface area contributed by atoms with E-state index in [1.54, 1.807) is 0 Å². The Kier molecular flexibility index (Phi) is 25.2. The van der Waals surface area contributed by atoms with Crippen molar-refractivity contribution in [3.8, 4) is 0 Å². The van der Waals surface area contributed by atoms with Gasteiger partial charge in [0.25, 0.3) is 0 Å². The van der Waals surface area contributed by atoms with Crippen LogP contribution in [0.1, 0.15) is 135 Å². The maximum Gasteiger partial charge on any atom is 0.336 e. The topological polar surface area (TPSA) is 196 Å². The summed E-state index contributed by atoms with van der Waals surface area (Å²) in [5, 5.41) is 43.2. The summed E-state index contributed by atoms with van der Waals surface area (Å²) in [6.07, 6.45) is 17.4. The van der Waals surface area contributed by atoms with Crippen molar-refractivity contribution in [2.45, 2.75) is 141 Å². The fourth-order valence-corrected chi connectivity index (χ4v) is 3.80. The maximum atomic E-state index is 11.7. The largest absolute Gasteiger partial charge is 0.481 e. The first-order chi connectivity index (χ1) is 18.4. The molecule has 0 aromatic heterocycles. The van der Waals surface area contributed by atoms with E-state index in [0.29, 0.717) is 6.42 Å². The van der Waals surface area contributed by atoms with Gasteiger partial charge in [-0.3, -0.25) is 19.2 Å². The van der Waals surface area contributed by atoms with Crippen LogP contribution in [0.4, 0.5) is 0 Å². The number of carboxylic acids is 4. The Morgan fingerprint density at radius 3 is 1.21 bits per heavy atom. The lowest BCUT2D eigenvalue weighted by Crippen LogP contribution is -2.43. The SMILES string of the molecule is CCCCCCCCCCCCCCCCCCOC(=O)CC(O)(CC(=O)O)C(=O)O.O=C(O)CCC(=O)O. The van der Waals surface area contributed by atoms with Crippen molar-refractivity contribution in [3.63, 3.8) is 0 Å². The zero-order valence-corrected chi connectivity index (χ0v) is 23.5. The molecule has 0 radical (unpaired) electrons. The second-order valence-electron chi connectivity index (χ2n) is 9.90. The van der Waals surface area contributed by atoms with Gasteiger partial charge in [0.05, 0.1) is 32.3 Å². The second kappa shape index (κ2) is 25.6. The number of esters is 1. The predicted octanol–water partition coefficient (Wildman–Crippen LogP) is 5.41. The molecule has 0 aliphatic carbocycles. The number of aliphatic hydroxyl groups is 1. The molecule has 0 amide bonds. The standard InChI is InChI=1S/C24H44O7.C4H6O4/c1-2-3-4-5-6-7-8-9-10-11-12-13-14-15-16-17-18-31-22(27)20-24(30,23(28)29)19-21(25)26;5-3(6)1-2-4(7)8/h30H,2-20H2,1H3,(H,25,26)(H,28,29);1-2H2,(H,5,6)(H,7,8). The van der Waals surface area contributed by atoms with Crippen LogP contribution in [0.3, 0.4) is 0 Å². The van der Waals surface area contributed by atoms with Crippen LogP contribution < -0.4 is 0 Å². The Bertz CT molecular complexity index is 679. The number of ether oxygens (including phenoxy) is 1. The van der Waals surface area contributed by atoms with Crippen LogP contribution in [0, 0.1) is 0 Å². The first-order valence-corrected chi connectivity index (χ1v) is 14.2. The van der Waals surface area contributed by atoms with Crippen LogP contribution in [0.2, 0.25) is 0 Å². The Labute approximate surface area is 231 Å². The van der Waals surface area contributed by atoms with E-state index in [0.717, 1.165) is 19.3 Å². The molecule has 0 aromatic carbocycles. The number of aliphatic carboxylic acids is 4. The van der Waals surface area contributed by atoms with E-state index in [4.69, 9.17) is 25.2 Å². The number of carbonyl (C=O) groups is 5. The quantitative estimate of drug-likeness (QED) is 0.0705. The van der Waals surface area contributed by atoms with Crippen molar-refractivity contribution >= 4 is 29.8 Å². The van der Waals surface area contributed by atoms with Crippen molar-refractivity contribution in [2.75, 3.05) is 6.61 Å². The third-order valence-corrected chi connectivity index (χ3v) is 6.09. The number of hydrogen-bond donors (Lipinski definition) is 5. The highest BCUT2D eigenvalue weighted by molar-refractivity contribution is 5.88. The molecule has 0 saturated carbocycles. The third kappa shape index (κ3) is 28.1. The van der Waals surface area contributed by atoms with Gasteiger partial charge in [0, 0.05) is 0 Å². The van der Waals surface area contributed by atoms with Crippen LogP contribution in [-0.4, -0.2) is 67.6 Å². The molecule has 228 valence electrons. The molecule has 0 saturated heterocycles. The molecule has 0 aromatic rings. The molecule has 0 rings (SSSR count). The normalized spacial score (nSPS) is 12.1. The molecule has 0 heterocycles. The van der Waals surface area contributed by atoms with Gasteiger partial charge in [0.1, 0.15) is 0 Å². The molecule has 0 aliphatic heterocycles. The molecule has 1 unspecified atom stereocenters. The van der Waals surface area contributed by atoms with Crippen LogP contribution in [0.5, 0.6) is 0 Å². The first kappa shape index (κ1) is 38.5. The molecule has 1 atom stereocenters. The monoisotopic (exact) mass is 562 g/mol. The number of rotatable bonds is 25. The Hall–Kier alpha value is -2.69. The number of unbranched alkanes of at least 4 members (excludes halogenated alkanes) is 15. The van der Waals surface area contributed by atoms with Gasteiger partial charge in [-0.25, -0.2) is 4.79 Å². The molecule has 0 aliphatic rings. The van der Waals surface area contributed by atoms with Gasteiger partial charge in [-0.2, -0.15) is 0 Å². The van der Waals surface area contributed by atoms with E-state index in [1.165, 1.54) is 77.0 Å². The smallest absolute Gasteiger partial charge is 0.336 e. The van der Waals surface area contributed by atoms with Crippen LogP contribution >= 0.6 is 0 Å². The van der Waals surface area contributed by atoms with Gasteiger partial charge >= 0.3 is 29.8 Å². The highest BCUT2D eigenvalue weighted by atomic mass is 16.5. The maximum absolute atomic E-state index is 11.7. The first-order valence-electron chi connectivity index (χ1n) is 14.2. The van der Waals surface area contributed by atoms with Crippen LogP contribution in [-0.2, 0) is 28.7 Å². The Balaban J connectivity index is 0. The molecular weight excluding hydrogens is 512 g/mol. The summed E-state index contributed by atoms with van der Waals surface area (Å²) in [6, 6.07) is 0. The summed E-state index contributed by atoms with van der Waals surface area (Å²) in [5.74, 6) is -6.28. The van der Waals surface area contributed by atoms with E-state index in [-0.39, 0.29) is 19.4 Å². The zero-order valence-electron chi connectivity index (χ0n) is 23.5. The number of carbonyl (C=O) groups excluding carboxylic acids is 1. The average molecular weight is 563 g/mol. The minimum absolute atomic E-state index is 0.153. The molecule has 0 fully saturated rings. The van der Waals surface area contributed by atoms with Gasteiger partial charge in [-0.05, 0) is 6.42 Å². The predicted molar refractivity (Wildman–Crippen MR) is 144 cm³/mol. The Morgan fingerprint density at radius 2 is 0.897 bits per heavy atom. The third-order valence-electron chi connectivity index (χ3n) is 6.09. The minimum Gasteiger partial charge on any atom is -0.481 e. The van der Waals surface area contributed by atoms with Gasteiger partial charge in [0.2, 0.25) is 0 Å². The minimum atomic E-state index is -2.63. The van der Waals surface area contributed by atoms with Gasteiger partial charge in [-0.15, -0.1) is 0 Å². The summed E-state index contributed by atoms with van der Waals surface area (Å²) in [5.41, 5.74) is -2.63. The van der Waals surface area contributed by atoms with Gasteiger partial charge in [0.15, 0.2) is 5.60 Å². The van der Waals surface area contributed by atoms with E-state index >= 15 is 0 Å². The fourth-order valence-electron chi connectivity index (χ4n) is 3.80. The lowest BCUT2D eigenvalue weighted by molar-refractivity contribution is -0.172. The molecule has 0 bridgehead atoms. The molecule has 5 N–H and O–H groups in total. The lowest BCUT2D eigenvalue weighted by atomic mass is 9.96. The summed E-state index contributed by atoms with van der Waals surface area (Å²) >= 11 is 0. The highest BCUT2D eigenvalue weighted by Gasteiger charge is 2.41. The van der Waals surface area contributed by atoms with Crippen molar-refractivity contribution in [1.29, 1.82) is 0 Å². The van der Waals surface area contributed by atoms with Crippen molar-refractivity contribution in [3.05, 3.63) is 0 Å². The molecular formula is C28H50O11.